The first-order valence-electron chi connectivity index (χ1n) is 9.36. The maximum absolute atomic E-state index is 14.1. The van der Waals surface area contributed by atoms with E-state index >= 15 is 0 Å². The summed E-state index contributed by atoms with van der Waals surface area (Å²) in [6.07, 6.45) is 8.91. The molecule has 3 rings (SSSR count). The van der Waals surface area contributed by atoms with Gasteiger partial charge in [0.1, 0.15) is 11.6 Å². The molecule has 1 aromatic carbocycles. The van der Waals surface area contributed by atoms with Gasteiger partial charge < -0.3 is 4.74 Å². The van der Waals surface area contributed by atoms with Crippen molar-refractivity contribution in [1.29, 1.82) is 0 Å². The van der Waals surface area contributed by atoms with Crippen molar-refractivity contribution in [2.24, 2.45) is 11.8 Å². The van der Waals surface area contributed by atoms with Crippen molar-refractivity contribution in [1.82, 2.24) is 10.2 Å². The molecule has 0 atom stereocenters. The summed E-state index contributed by atoms with van der Waals surface area (Å²) >= 11 is 0. The molecule has 0 radical (unpaired) electrons. The third kappa shape index (κ3) is 4.56. The number of aryl methyl sites for hydroxylation is 1. The summed E-state index contributed by atoms with van der Waals surface area (Å²) < 4.78 is 19.2. The molecule has 1 aliphatic carbocycles. The van der Waals surface area contributed by atoms with E-state index in [1.807, 2.05) is 12.1 Å². The third-order valence-electron chi connectivity index (χ3n) is 5.52. The number of hydrogen-bond acceptors (Lipinski definition) is 3. The van der Waals surface area contributed by atoms with E-state index in [0.29, 0.717) is 17.0 Å². The molecule has 2 aromatic rings. The zero-order valence-electron chi connectivity index (χ0n) is 15.2. The highest BCUT2D eigenvalue weighted by atomic mass is 19.1. The van der Waals surface area contributed by atoms with E-state index in [4.69, 9.17) is 4.74 Å². The fraction of sp³-hybridized carbons (Fsp3) is 0.524. The van der Waals surface area contributed by atoms with Gasteiger partial charge in [-0.25, -0.2) is 4.39 Å². The van der Waals surface area contributed by atoms with Gasteiger partial charge in [-0.05, 0) is 48.9 Å². The summed E-state index contributed by atoms with van der Waals surface area (Å²) in [6, 6.07) is 8.63. The van der Waals surface area contributed by atoms with Gasteiger partial charge in [-0.3, -0.25) is 0 Å². The minimum atomic E-state index is -0.339. The zero-order valence-corrected chi connectivity index (χ0v) is 15.2. The quantitative estimate of drug-likeness (QED) is 0.701. The second kappa shape index (κ2) is 8.41. The largest absolute Gasteiger partial charge is 0.497 e. The predicted molar refractivity (Wildman–Crippen MR) is 98.0 cm³/mol. The standard InChI is InChI=1S/C21H27FN2O/c1-3-15-4-6-16(7-5-15)8-9-17-10-13-21(24-23-17)19-12-11-18(25-2)14-20(19)22/h10-16H,3-9H2,1-2H3. The van der Waals surface area contributed by atoms with Gasteiger partial charge in [0.15, 0.2) is 0 Å². The van der Waals surface area contributed by atoms with Crippen molar-refractivity contribution in [2.75, 3.05) is 7.11 Å². The fourth-order valence-corrected chi connectivity index (χ4v) is 3.75. The summed E-state index contributed by atoms with van der Waals surface area (Å²) in [5.74, 6) is 1.93. The highest BCUT2D eigenvalue weighted by Gasteiger charge is 2.19. The number of halogens is 1. The van der Waals surface area contributed by atoms with Crippen molar-refractivity contribution >= 4 is 0 Å². The molecule has 0 bridgehead atoms. The molecule has 1 heterocycles. The van der Waals surface area contributed by atoms with E-state index in [9.17, 15) is 4.39 Å². The van der Waals surface area contributed by atoms with Crippen molar-refractivity contribution in [3.63, 3.8) is 0 Å². The second-order valence-electron chi connectivity index (χ2n) is 7.09. The summed E-state index contributed by atoms with van der Waals surface area (Å²) in [5.41, 5.74) is 2.01. The van der Waals surface area contributed by atoms with Crippen molar-refractivity contribution in [3.8, 4) is 17.0 Å². The smallest absolute Gasteiger partial charge is 0.136 e. The molecule has 4 heteroatoms. The van der Waals surface area contributed by atoms with Crippen LogP contribution in [0.3, 0.4) is 0 Å². The van der Waals surface area contributed by atoms with E-state index in [0.717, 1.165) is 24.0 Å². The Bertz CT molecular complexity index is 679. The van der Waals surface area contributed by atoms with Crippen LogP contribution in [0.4, 0.5) is 4.39 Å². The van der Waals surface area contributed by atoms with Gasteiger partial charge in [-0.2, -0.15) is 10.2 Å². The van der Waals surface area contributed by atoms with Gasteiger partial charge >= 0.3 is 0 Å². The van der Waals surface area contributed by atoms with Crippen molar-refractivity contribution in [2.45, 2.75) is 51.9 Å². The average molecular weight is 342 g/mol. The molecular formula is C21H27FN2O. The van der Waals surface area contributed by atoms with Crippen LogP contribution in [0.15, 0.2) is 30.3 Å². The number of ether oxygens (including phenoxy) is 1. The number of aromatic nitrogens is 2. The van der Waals surface area contributed by atoms with Gasteiger partial charge in [0, 0.05) is 11.6 Å². The van der Waals surface area contributed by atoms with Crippen LogP contribution >= 0.6 is 0 Å². The van der Waals surface area contributed by atoms with E-state index in [1.54, 1.807) is 12.1 Å². The number of rotatable bonds is 6. The molecule has 0 saturated heterocycles. The summed E-state index contributed by atoms with van der Waals surface area (Å²) in [7, 11) is 1.53. The average Bonchev–Trinajstić information content (AvgIpc) is 2.67. The topological polar surface area (TPSA) is 35.0 Å². The van der Waals surface area contributed by atoms with Crippen LogP contribution in [-0.4, -0.2) is 17.3 Å². The Morgan fingerprint density at radius 1 is 1.04 bits per heavy atom. The molecule has 25 heavy (non-hydrogen) atoms. The normalized spacial score (nSPS) is 20.4. The number of benzene rings is 1. The van der Waals surface area contributed by atoms with Crippen LogP contribution in [0.2, 0.25) is 0 Å². The number of nitrogens with zero attached hydrogens (tertiary/aromatic N) is 2. The Kier molecular flexibility index (Phi) is 6.00. The van der Waals surface area contributed by atoms with E-state index < -0.39 is 0 Å². The molecule has 134 valence electrons. The molecule has 0 aliphatic heterocycles. The van der Waals surface area contributed by atoms with Gasteiger partial charge in [0.05, 0.1) is 18.5 Å². The minimum Gasteiger partial charge on any atom is -0.497 e. The van der Waals surface area contributed by atoms with Crippen molar-refractivity contribution < 1.29 is 9.13 Å². The first kappa shape index (κ1) is 17.8. The molecule has 0 amide bonds. The Morgan fingerprint density at radius 3 is 2.40 bits per heavy atom. The Balaban J connectivity index is 1.57. The molecule has 0 spiro atoms. The predicted octanol–water partition coefficient (Wildman–Crippen LogP) is 5.44. The number of methoxy groups -OCH3 is 1. The highest BCUT2D eigenvalue weighted by molar-refractivity contribution is 5.60. The third-order valence-corrected chi connectivity index (χ3v) is 5.52. The zero-order chi connectivity index (χ0) is 17.6. The molecule has 0 unspecified atom stereocenters. The van der Waals surface area contributed by atoms with Crippen LogP contribution < -0.4 is 4.74 Å². The van der Waals surface area contributed by atoms with Crippen molar-refractivity contribution in [3.05, 3.63) is 41.8 Å². The maximum atomic E-state index is 14.1. The van der Waals surface area contributed by atoms with Gasteiger partial charge in [-0.1, -0.05) is 39.0 Å². The lowest BCUT2D eigenvalue weighted by atomic mass is 9.79. The minimum absolute atomic E-state index is 0.339. The molecular weight excluding hydrogens is 315 g/mol. The Morgan fingerprint density at radius 2 is 1.80 bits per heavy atom. The monoisotopic (exact) mass is 342 g/mol. The van der Waals surface area contributed by atoms with Gasteiger partial charge in [0.2, 0.25) is 0 Å². The van der Waals surface area contributed by atoms with Crippen LogP contribution in [0, 0.1) is 17.7 Å². The Labute approximate surface area is 149 Å². The van der Waals surface area contributed by atoms with E-state index in [2.05, 4.69) is 17.1 Å². The molecule has 1 fully saturated rings. The van der Waals surface area contributed by atoms with Gasteiger partial charge in [0.25, 0.3) is 0 Å². The lowest BCUT2D eigenvalue weighted by Gasteiger charge is -2.27. The number of hydrogen-bond donors (Lipinski definition) is 0. The first-order valence-corrected chi connectivity index (χ1v) is 9.36. The van der Waals surface area contributed by atoms with Crippen LogP contribution in [-0.2, 0) is 6.42 Å². The molecule has 0 N–H and O–H groups in total. The molecule has 1 aliphatic rings. The van der Waals surface area contributed by atoms with Gasteiger partial charge in [-0.15, -0.1) is 0 Å². The lowest BCUT2D eigenvalue weighted by molar-refractivity contribution is 0.258. The van der Waals surface area contributed by atoms with E-state index in [1.165, 1.54) is 51.7 Å². The highest BCUT2D eigenvalue weighted by Crippen LogP contribution is 2.33. The van der Waals surface area contributed by atoms with Crippen LogP contribution in [0.1, 0.15) is 51.1 Å². The fourth-order valence-electron chi connectivity index (χ4n) is 3.75. The van der Waals surface area contributed by atoms with E-state index in [-0.39, 0.29) is 5.82 Å². The summed E-state index contributed by atoms with van der Waals surface area (Å²) in [5, 5.41) is 8.53. The summed E-state index contributed by atoms with van der Waals surface area (Å²) in [4.78, 5) is 0. The maximum Gasteiger partial charge on any atom is 0.136 e. The summed E-state index contributed by atoms with van der Waals surface area (Å²) in [6.45, 7) is 2.30. The van der Waals surface area contributed by atoms with Crippen LogP contribution in [0.5, 0.6) is 5.75 Å². The second-order valence-corrected chi connectivity index (χ2v) is 7.09. The Hall–Kier alpha value is -1.97. The SMILES string of the molecule is CCC1CCC(CCc2ccc(-c3ccc(OC)cc3F)nn2)CC1. The molecule has 1 aromatic heterocycles. The lowest BCUT2D eigenvalue weighted by Crippen LogP contribution is -2.14. The molecule has 1 saturated carbocycles. The molecule has 3 nitrogen and oxygen atoms in total. The first-order chi connectivity index (χ1) is 12.2. The van der Waals surface area contributed by atoms with Crippen LogP contribution in [0.25, 0.3) is 11.3 Å².